The number of benzene rings is 1. The van der Waals surface area contributed by atoms with Crippen LogP contribution in [0.1, 0.15) is 47.8 Å². The summed E-state index contributed by atoms with van der Waals surface area (Å²) in [7, 11) is 0. The van der Waals surface area contributed by atoms with Gasteiger partial charge >= 0.3 is 12.2 Å². The lowest BCUT2D eigenvalue weighted by atomic mass is 9.94. The van der Waals surface area contributed by atoms with E-state index < -0.39 is 29.0 Å². The summed E-state index contributed by atoms with van der Waals surface area (Å²) in [5, 5.41) is -0.471. The Morgan fingerprint density at radius 2 is 2.15 bits per heavy atom. The topological polar surface area (TPSA) is 73.5 Å². The second-order valence-corrected chi connectivity index (χ2v) is 9.36. The summed E-state index contributed by atoms with van der Waals surface area (Å²) in [5.41, 5.74) is 5.67. The fourth-order valence-corrected chi connectivity index (χ4v) is 5.61. The average Bonchev–Trinajstić information content (AvgIpc) is 3.25. The summed E-state index contributed by atoms with van der Waals surface area (Å²) < 4.78 is 66.6. The van der Waals surface area contributed by atoms with Crippen molar-refractivity contribution in [1.29, 1.82) is 0 Å². The first-order valence-corrected chi connectivity index (χ1v) is 11.2. The van der Waals surface area contributed by atoms with E-state index in [1.165, 1.54) is 6.07 Å². The number of nitrogens with two attached hydrogens (primary N) is 1. The molecule has 0 radical (unpaired) electrons. The molecule has 3 atom stereocenters. The SMILES string of the molecule is Nc1cc(Cl)c(C(F)(F)F)c([C@@H]2Cc3nc(OC[C@@]45CCCN4C[C@H](F)C5)ncc3CO2)c1. The molecule has 3 aliphatic heterocycles. The quantitative estimate of drug-likeness (QED) is 0.507. The van der Waals surface area contributed by atoms with E-state index in [9.17, 15) is 17.6 Å². The molecule has 0 saturated carbocycles. The lowest BCUT2D eigenvalue weighted by molar-refractivity contribution is -0.139. The number of hydrogen-bond donors (Lipinski definition) is 1. The van der Waals surface area contributed by atoms with Crippen LogP contribution >= 0.6 is 11.6 Å². The van der Waals surface area contributed by atoms with Gasteiger partial charge in [-0.1, -0.05) is 11.6 Å². The van der Waals surface area contributed by atoms with Gasteiger partial charge in [0, 0.05) is 36.8 Å². The third-order valence-electron chi connectivity index (χ3n) is 6.76. The van der Waals surface area contributed by atoms with Crippen LogP contribution in [0.3, 0.4) is 0 Å². The van der Waals surface area contributed by atoms with Crippen molar-refractivity contribution >= 4 is 17.3 Å². The van der Waals surface area contributed by atoms with E-state index in [0.717, 1.165) is 25.5 Å². The molecule has 0 aliphatic carbocycles. The van der Waals surface area contributed by atoms with Crippen LogP contribution in [-0.2, 0) is 23.9 Å². The molecule has 2 saturated heterocycles. The molecule has 2 aromatic rings. The minimum Gasteiger partial charge on any atom is -0.461 e. The molecule has 178 valence electrons. The molecular weight excluding hydrogens is 464 g/mol. The van der Waals surface area contributed by atoms with Crippen molar-refractivity contribution in [3.8, 4) is 6.01 Å². The van der Waals surface area contributed by atoms with Crippen LogP contribution in [-0.4, -0.2) is 46.3 Å². The predicted molar refractivity (Wildman–Crippen MR) is 113 cm³/mol. The molecule has 2 N–H and O–H groups in total. The summed E-state index contributed by atoms with van der Waals surface area (Å²) in [4.78, 5) is 10.8. The van der Waals surface area contributed by atoms with Crippen molar-refractivity contribution in [2.45, 2.75) is 56.3 Å². The molecule has 11 heteroatoms. The van der Waals surface area contributed by atoms with E-state index in [2.05, 4.69) is 14.9 Å². The number of hydrogen-bond acceptors (Lipinski definition) is 6. The maximum Gasteiger partial charge on any atom is 0.418 e. The van der Waals surface area contributed by atoms with Crippen LogP contribution in [0.4, 0.5) is 23.2 Å². The van der Waals surface area contributed by atoms with Crippen molar-refractivity contribution in [3.05, 3.63) is 45.7 Å². The van der Waals surface area contributed by atoms with E-state index in [1.54, 1.807) is 6.20 Å². The highest BCUT2D eigenvalue weighted by atomic mass is 35.5. The maximum absolute atomic E-state index is 14.0. The van der Waals surface area contributed by atoms with Crippen LogP contribution in [0.2, 0.25) is 5.02 Å². The number of fused-ring (bicyclic) bond motifs is 2. The number of ether oxygens (including phenoxy) is 2. The number of aromatic nitrogens is 2. The largest absolute Gasteiger partial charge is 0.461 e. The zero-order valence-corrected chi connectivity index (χ0v) is 18.4. The van der Waals surface area contributed by atoms with Crippen LogP contribution in [0.15, 0.2) is 18.3 Å². The Bertz CT molecular complexity index is 1070. The number of alkyl halides is 4. The second kappa shape index (κ2) is 8.25. The zero-order chi connectivity index (χ0) is 23.4. The predicted octanol–water partition coefficient (Wildman–Crippen LogP) is 4.50. The average molecular weight is 487 g/mol. The van der Waals surface area contributed by atoms with Gasteiger partial charge in [-0.25, -0.2) is 9.37 Å². The highest BCUT2D eigenvalue weighted by Crippen LogP contribution is 2.44. The van der Waals surface area contributed by atoms with Crippen molar-refractivity contribution in [2.24, 2.45) is 0 Å². The third kappa shape index (κ3) is 4.24. The van der Waals surface area contributed by atoms with Crippen molar-refractivity contribution in [2.75, 3.05) is 25.4 Å². The molecule has 6 nitrogen and oxygen atoms in total. The Morgan fingerprint density at radius 3 is 2.94 bits per heavy atom. The van der Waals surface area contributed by atoms with Gasteiger partial charge < -0.3 is 15.2 Å². The normalized spacial score (nSPS) is 27.4. The molecule has 0 spiro atoms. The number of nitrogens with zero attached hydrogens (tertiary/aromatic N) is 3. The minimum absolute atomic E-state index is 0.0469. The van der Waals surface area contributed by atoms with E-state index >= 15 is 0 Å². The Balaban J connectivity index is 1.37. The number of nitrogen functional groups attached to an aromatic ring is 1. The van der Waals surface area contributed by atoms with E-state index in [0.29, 0.717) is 24.2 Å². The molecular formula is C22H23ClF4N4O2. The van der Waals surface area contributed by atoms with Gasteiger partial charge in [0.05, 0.1) is 34.5 Å². The zero-order valence-electron chi connectivity index (χ0n) is 17.7. The molecule has 1 aromatic heterocycles. The van der Waals surface area contributed by atoms with Gasteiger partial charge in [0.15, 0.2) is 0 Å². The van der Waals surface area contributed by atoms with Crippen LogP contribution < -0.4 is 10.5 Å². The third-order valence-corrected chi connectivity index (χ3v) is 7.05. The van der Waals surface area contributed by atoms with E-state index in [4.69, 9.17) is 26.8 Å². The highest BCUT2D eigenvalue weighted by Gasteiger charge is 2.49. The smallest absolute Gasteiger partial charge is 0.418 e. The van der Waals surface area contributed by atoms with Gasteiger partial charge in [-0.2, -0.15) is 18.2 Å². The first-order valence-electron chi connectivity index (χ1n) is 10.8. The van der Waals surface area contributed by atoms with E-state index in [-0.39, 0.29) is 42.4 Å². The fraction of sp³-hybridized carbons (Fsp3) is 0.545. The molecule has 2 fully saturated rings. The molecule has 0 bridgehead atoms. The van der Waals surface area contributed by atoms with Crippen LogP contribution in [0.5, 0.6) is 6.01 Å². The van der Waals surface area contributed by atoms with Gasteiger partial charge in [-0.15, -0.1) is 0 Å². The van der Waals surface area contributed by atoms with E-state index in [1.807, 2.05) is 0 Å². The van der Waals surface area contributed by atoms with Gasteiger partial charge in [-0.3, -0.25) is 4.90 Å². The Labute approximate surface area is 193 Å². The molecule has 3 aliphatic rings. The van der Waals surface area contributed by atoms with Gasteiger partial charge in [0.25, 0.3) is 0 Å². The van der Waals surface area contributed by atoms with Crippen LogP contribution in [0.25, 0.3) is 0 Å². The maximum atomic E-state index is 14.0. The Morgan fingerprint density at radius 1 is 1.33 bits per heavy atom. The molecule has 0 unspecified atom stereocenters. The second-order valence-electron chi connectivity index (χ2n) is 8.96. The molecule has 1 aromatic carbocycles. The van der Waals surface area contributed by atoms with Crippen molar-refractivity contribution in [1.82, 2.24) is 14.9 Å². The standard InChI is InChI=1S/C22H23ClF4N4O2/c23-16-5-14(28)4-15(19(16)22(25,26)27)18-6-17-12(10-32-18)8-29-20(30-17)33-11-21-2-1-3-31(21)9-13(24)7-21/h4-5,8,13,18H,1-3,6-7,9-11,28H2/t13-,18+,21+/m1/s1. The molecule has 4 heterocycles. The highest BCUT2D eigenvalue weighted by molar-refractivity contribution is 6.31. The summed E-state index contributed by atoms with van der Waals surface area (Å²) >= 11 is 5.89. The monoisotopic (exact) mass is 486 g/mol. The van der Waals surface area contributed by atoms with Crippen molar-refractivity contribution in [3.63, 3.8) is 0 Å². The number of halogens is 5. The fourth-order valence-electron chi connectivity index (χ4n) is 5.27. The summed E-state index contributed by atoms with van der Waals surface area (Å²) in [6, 6.07) is 2.44. The lowest BCUT2D eigenvalue weighted by Crippen LogP contribution is -2.43. The number of anilines is 1. The Hall–Kier alpha value is -2.17. The summed E-state index contributed by atoms with van der Waals surface area (Å²) in [6.07, 6.45) is -2.55. The lowest BCUT2D eigenvalue weighted by Gasteiger charge is -2.31. The number of rotatable bonds is 4. The molecule has 33 heavy (non-hydrogen) atoms. The molecule has 0 amide bonds. The first-order chi connectivity index (χ1) is 15.6. The van der Waals surface area contributed by atoms with Gasteiger partial charge in [-0.05, 0) is 37.1 Å². The minimum atomic E-state index is -4.66. The summed E-state index contributed by atoms with van der Waals surface area (Å²) in [5.74, 6) is 0. The van der Waals surface area contributed by atoms with Crippen molar-refractivity contribution < 1.29 is 27.0 Å². The molecule has 5 rings (SSSR count). The first kappa shape index (κ1) is 22.6. The Kier molecular flexibility index (Phi) is 5.65. The van der Waals surface area contributed by atoms with Gasteiger partial charge in [0.1, 0.15) is 12.8 Å². The van der Waals surface area contributed by atoms with Crippen LogP contribution in [0, 0.1) is 0 Å². The summed E-state index contributed by atoms with van der Waals surface area (Å²) in [6.45, 7) is 1.58. The van der Waals surface area contributed by atoms with Gasteiger partial charge in [0.2, 0.25) is 0 Å².